The first-order chi connectivity index (χ1) is 11.0. The van der Waals surface area contributed by atoms with Crippen molar-refractivity contribution in [2.45, 2.75) is 58.2 Å². The maximum absolute atomic E-state index is 12.2. The van der Waals surface area contributed by atoms with E-state index in [1.165, 1.54) is 19.3 Å². The molecule has 0 aliphatic carbocycles. The molecule has 2 unspecified atom stereocenters. The van der Waals surface area contributed by atoms with Gasteiger partial charge in [0.2, 0.25) is 0 Å². The Kier molecular flexibility index (Phi) is 4.71. The van der Waals surface area contributed by atoms with Crippen molar-refractivity contribution in [2.24, 2.45) is 0 Å². The summed E-state index contributed by atoms with van der Waals surface area (Å²) in [6, 6.07) is 2.46. The average molecular weight is 318 g/mol. The fourth-order valence-electron chi connectivity index (χ4n) is 3.91. The molecule has 0 aromatic carbocycles. The third-order valence-electron chi connectivity index (χ3n) is 5.09. The largest absolute Gasteiger partial charge is 0.334 e. The number of nitrogens with zero attached hydrogens (tertiary/aromatic N) is 1. The zero-order valence-corrected chi connectivity index (χ0v) is 13.9. The number of aromatic amines is 1. The van der Waals surface area contributed by atoms with Crippen molar-refractivity contribution in [1.29, 1.82) is 0 Å². The molecule has 3 N–H and O–H groups in total. The second kappa shape index (κ2) is 6.74. The molecule has 3 heterocycles. The lowest BCUT2D eigenvalue weighted by Crippen LogP contribution is -2.49. The van der Waals surface area contributed by atoms with Crippen LogP contribution in [0.3, 0.4) is 0 Å². The van der Waals surface area contributed by atoms with Gasteiger partial charge in [-0.25, -0.2) is 4.79 Å². The minimum atomic E-state index is -0.179. The van der Waals surface area contributed by atoms with Crippen LogP contribution in [0.4, 0.5) is 4.79 Å². The van der Waals surface area contributed by atoms with Gasteiger partial charge in [-0.3, -0.25) is 9.69 Å². The maximum Gasteiger partial charge on any atom is 0.315 e. The molecule has 6 heteroatoms. The summed E-state index contributed by atoms with van der Waals surface area (Å²) in [4.78, 5) is 29.4. The Bertz CT molecular complexity index is 640. The second-order valence-corrected chi connectivity index (χ2v) is 6.76. The number of aryl methyl sites for hydroxylation is 2. The lowest BCUT2D eigenvalue weighted by Gasteiger charge is -2.32. The summed E-state index contributed by atoms with van der Waals surface area (Å²) in [5, 5.41) is 5.93. The van der Waals surface area contributed by atoms with E-state index >= 15 is 0 Å². The molecule has 0 saturated carbocycles. The number of carbonyl (C=O) groups excluding carboxylic acids is 1. The summed E-state index contributed by atoms with van der Waals surface area (Å²) in [7, 11) is 0. The smallest absolute Gasteiger partial charge is 0.315 e. The zero-order chi connectivity index (χ0) is 16.4. The number of amides is 2. The van der Waals surface area contributed by atoms with Gasteiger partial charge in [-0.2, -0.15) is 0 Å². The van der Waals surface area contributed by atoms with Crippen molar-refractivity contribution < 1.29 is 4.79 Å². The quantitative estimate of drug-likeness (QED) is 0.789. The van der Waals surface area contributed by atoms with Crippen molar-refractivity contribution in [2.75, 3.05) is 13.1 Å². The molecule has 2 atom stereocenters. The molecule has 0 bridgehead atoms. The molecule has 1 aromatic heterocycles. The van der Waals surface area contributed by atoms with Gasteiger partial charge in [-0.1, -0.05) is 6.42 Å². The van der Waals surface area contributed by atoms with Crippen LogP contribution in [0.2, 0.25) is 0 Å². The van der Waals surface area contributed by atoms with Gasteiger partial charge in [0.05, 0.1) is 6.54 Å². The van der Waals surface area contributed by atoms with Crippen LogP contribution in [0.25, 0.3) is 0 Å². The van der Waals surface area contributed by atoms with E-state index < -0.39 is 0 Å². The van der Waals surface area contributed by atoms with Gasteiger partial charge < -0.3 is 15.6 Å². The van der Waals surface area contributed by atoms with Gasteiger partial charge in [-0.15, -0.1) is 0 Å². The number of nitrogens with one attached hydrogen (secondary N) is 3. The Morgan fingerprint density at radius 2 is 2.13 bits per heavy atom. The normalized spacial score (nSPS) is 24.3. The second-order valence-electron chi connectivity index (χ2n) is 6.76. The van der Waals surface area contributed by atoms with Crippen LogP contribution >= 0.6 is 0 Å². The van der Waals surface area contributed by atoms with E-state index in [1.54, 1.807) is 0 Å². The molecular formula is C17H26N4O2. The van der Waals surface area contributed by atoms with Crippen LogP contribution < -0.4 is 16.2 Å². The Morgan fingerprint density at radius 1 is 1.30 bits per heavy atom. The first-order valence-corrected chi connectivity index (χ1v) is 8.52. The molecule has 23 heavy (non-hydrogen) atoms. The van der Waals surface area contributed by atoms with Gasteiger partial charge in [0.1, 0.15) is 0 Å². The third kappa shape index (κ3) is 3.58. The average Bonchev–Trinajstić information content (AvgIpc) is 2.89. The van der Waals surface area contributed by atoms with Crippen LogP contribution in [0.1, 0.15) is 42.5 Å². The number of urea groups is 1. The predicted molar refractivity (Wildman–Crippen MR) is 89.5 cm³/mol. The number of pyridine rings is 1. The SMILES string of the molecule is Cc1cc(C)c(CNC(=O)NC2CCN3CCCCC23)c(=O)[nH]1. The van der Waals surface area contributed by atoms with Crippen LogP contribution in [0.15, 0.2) is 10.9 Å². The highest BCUT2D eigenvalue weighted by atomic mass is 16.2. The first-order valence-electron chi connectivity index (χ1n) is 8.52. The van der Waals surface area contributed by atoms with E-state index in [0.29, 0.717) is 11.6 Å². The van der Waals surface area contributed by atoms with Gasteiger partial charge in [0.15, 0.2) is 0 Å². The molecule has 2 aliphatic heterocycles. The minimum absolute atomic E-state index is 0.123. The number of aromatic nitrogens is 1. The van der Waals surface area contributed by atoms with E-state index in [0.717, 1.165) is 30.8 Å². The van der Waals surface area contributed by atoms with Crippen molar-refractivity contribution in [3.05, 3.63) is 33.2 Å². The summed E-state index contributed by atoms with van der Waals surface area (Å²) in [6.07, 6.45) is 4.70. The van der Waals surface area contributed by atoms with E-state index in [9.17, 15) is 9.59 Å². The van der Waals surface area contributed by atoms with Gasteiger partial charge in [-0.05, 0) is 51.3 Å². The van der Waals surface area contributed by atoms with E-state index in [1.807, 2.05) is 19.9 Å². The van der Waals surface area contributed by atoms with Crippen molar-refractivity contribution >= 4 is 6.03 Å². The number of hydrogen-bond acceptors (Lipinski definition) is 3. The molecule has 1 aromatic rings. The summed E-state index contributed by atoms with van der Waals surface area (Å²) >= 11 is 0. The Hall–Kier alpha value is -1.82. The topological polar surface area (TPSA) is 77.2 Å². The fourth-order valence-corrected chi connectivity index (χ4v) is 3.91. The molecule has 126 valence electrons. The fraction of sp³-hybridized carbons (Fsp3) is 0.647. The number of rotatable bonds is 3. The molecule has 2 fully saturated rings. The Morgan fingerprint density at radius 3 is 2.91 bits per heavy atom. The van der Waals surface area contributed by atoms with Crippen LogP contribution in [-0.4, -0.2) is 41.1 Å². The number of carbonyl (C=O) groups is 1. The Balaban J connectivity index is 1.55. The van der Waals surface area contributed by atoms with Crippen LogP contribution in [0.5, 0.6) is 0 Å². The minimum Gasteiger partial charge on any atom is -0.334 e. The molecule has 6 nitrogen and oxygen atoms in total. The number of piperidine rings is 1. The lowest BCUT2D eigenvalue weighted by molar-refractivity contribution is 0.179. The number of fused-ring (bicyclic) bond motifs is 1. The Labute approximate surface area is 136 Å². The van der Waals surface area contributed by atoms with Crippen LogP contribution in [-0.2, 0) is 6.54 Å². The molecule has 2 saturated heterocycles. The summed E-state index contributed by atoms with van der Waals surface area (Å²) < 4.78 is 0. The van der Waals surface area contributed by atoms with E-state index in [2.05, 4.69) is 20.5 Å². The van der Waals surface area contributed by atoms with Crippen molar-refractivity contribution in [1.82, 2.24) is 20.5 Å². The lowest BCUT2D eigenvalue weighted by atomic mass is 9.99. The highest BCUT2D eigenvalue weighted by molar-refractivity contribution is 5.74. The highest BCUT2D eigenvalue weighted by Crippen LogP contribution is 2.26. The monoisotopic (exact) mass is 318 g/mol. The number of H-pyrrole nitrogens is 1. The van der Waals surface area contributed by atoms with Crippen molar-refractivity contribution in [3.63, 3.8) is 0 Å². The molecule has 0 radical (unpaired) electrons. The zero-order valence-electron chi connectivity index (χ0n) is 13.9. The number of hydrogen-bond donors (Lipinski definition) is 3. The first kappa shape index (κ1) is 16.1. The van der Waals surface area contributed by atoms with Crippen LogP contribution in [0, 0.1) is 13.8 Å². The van der Waals surface area contributed by atoms with Gasteiger partial charge >= 0.3 is 6.03 Å². The van der Waals surface area contributed by atoms with Crippen molar-refractivity contribution in [3.8, 4) is 0 Å². The molecule has 2 aliphatic rings. The molecule has 2 amide bonds. The molecule has 3 rings (SSSR count). The standard InChI is InChI=1S/C17H26N4O2/c1-11-9-12(2)19-16(22)13(11)10-18-17(23)20-14-6-8-21-7-4-3-5-15(14)21/h9,14-15H,3-8,10H2,1-2H3,(H,19,22)(H2,18,20,23). The van der Waals surface area contributed by atoms with Gasteiger partial charge in [0.25, 0.3) is 5.56 Å². The van der Waals surface area contributed by atoms with E-state index in [4.69, 9.17) is 0 Å². The molecular weight excluding hydrogens is 292 g/mol. The third-order valence-corrected chi connectivity index (χ3v) is 5.09. The van der Waals surface area contributed by atoms with E-state index in [-0.39, 0.29) is 24.2 Å². The van der Waals surface area contributed by atoms with Gasteiger partial charge in [0, 0.05) is 29.9 Å². The maximum atomic E-state index is 12.2. The summed E-state index contributed by atoms with van der Waals surface area (Å²) in [5.74, 6) is 0. The summed E-state index contributed by atoms with van der Waals surface area (Å²) in [6.45, 7) is 6.24. The molecule has 0 spiro atoms. The predicted octanol–water partition coefficient (Wildman–Crippen LogP) is 1.42. The summed E-state index contributed by atoms with van der Waals surface area (Å²) in [5.41, 5.74) is 2.24. The highest BCUT2D eigenvalue weighted by Gasteiger charge is 2.36.